The molecule has 3 aromatic carbocycles. The van der Waals surface area contributed by atoms with Crippen LogP contribution in [0.3, 0.4) is 0 Å². The third-order valence-corrected chi connectivity index (χ3v) is 4.11. The summed E-state index contributed by atoms with van der Waals surface area (Å²) in [5.74, 6) is 0.757. The molecule has 0 radical (unpaired) electrons. The van der Waals surface area contributed by atoms with Crippen molar-refractivity contribution < 1.29 is 9.48 Å². The van der Waals surface area contributed by atoms with Crippen molar-refractivity contribution in [3.05, 3.63) is 107 Å². The van der Waals surface area contributed by atoms with E-state index in [9.17, 15) is 5.21 Å². The van der Waals surface area contributed by atoms with Crippen LogP contribution in [-0.2, 0) is 0 Å². The average Bonchev–Trinajstić information content (AvgIpc) is 2.70. The molecular weight excluding hydrogens is 322 g/mol. The number of ether oxygens (including phenoxy) is 1. The van der Waals surface area contributed by atoms with Crippen LogP contribution in [0.2, 0.25) is 0 Å². The molecule has 0 saturated carbocycles. The molecule has 26 heavy (non-hydrogen) atoms. The van der Waals surface area contributed by atoms with E-state index in [1.165, 1.54) is 0 Å². The van der Waals surface area contributed by atoms with Crippen molar-refractivity contribution in [3.8, 4) is 5.75 Å². The van der Waals surface area contributed by atoms with Gasteiger partial charge in [-0.2, -0.15) is 4.74 Å². The lowest BCUT2D eigenvalue weighted by Crippen LogP contribution is -2.11. The lowest BCUT2D eigenvalue weighted by molar-refractivity contribution is -0.359. The van der Waals surface area contributed by atoms with Crippen molar-refractivity contribution in [3.63, 3.8) is 0 Å². The molecule has 0 aliphatic heterocycles. The van der Waals surface area contributed by atoms with E-state index in [0.717, 1.165) is 27.2 Å². The average molecular weight is 343 g/mol. The number of benzene rings is 3. The number of methoxy groups -OCH3 is 1. The molecule has 0 bridgehead atoms. The number of hydrogen-bond donors (Lipinski definition) is 0. The summed E-state index contributed by atoms with van der Waals surface area (Å²) >= 11 is 0. The van der Waals surface area contributed by atoms with E-state index in [1.807, 2.05) is 97.9 Å². The van der Waals surface area contributed by atoms with Gasteiger partial charge in [-0.1, -0.05) is 48.0 Å². The fourth-order valence-corrected chi connectivity index (χ4v) is 2.60. The summed E-state index contributed by atoms with van der Waals surface area (Å²) in [6.07, 6.45) is 3.79. The molecule has 0 aliphatic carbocycles. The standard InChI is InChI=1S/C23H21NO2/c1-18-8-13-21(14-9-18)24(25)23(17-10-19-6-4-3-5-7-19)20-11-15-22(26-2)16-12-20/h3-17H,1-2H3/b17-10+,24-23+. The van der Waals surface area contributed by atoms with Crippen LogP contribution in [0.1, 0.15) is 16.7 Å². The molecule has 0 heterocycles. The predicted octanol–water partition coefficient (Wildman–Crippen LogP) is 5.35. The Bertz CT molecular complexity index is 909. The molecule has 0 saturated heterocycles. The van der Waals surface area contributed by atoms with E-state index >= 15 is 0 Å². The third-order valence-electron chi connectivity index (χ3n) is 4.11. The van der Waals surface area contributed by atoms with Gasteiger partial charge >= 0.3 is 0 Å². The van der Waals surface area contributed by atoms with Gasteiger partial charge in [-0.15, -0.1) is 0 Å². The van der Waals surface area contributed by atoms with Crippen LogP contribution in [0.15, 0.2) is 84.9 Å². The molecule has 3 aromatic rings. The molecule has 0 spiro atoms. The summed E-state index contributed by atoms with van der Waals surface area (Å²) in [7, 11) is 1.63. The van der Waals surface area contributed by atoms with Gasteiger partial charge in [0.25, 0.3) is 0 Å². The summed E-state index contributed by atoms with van der Waals surface area (Å²) in [5, 5.41) is 13.0. The number of aryl methyl sites for hydroxylation is 1. The number of hydrogen-bond acceptors (Lipinski definition) is 2. The van der Waals surface area contributed by atoms with E-state index in [0.29, 0.717) is 11.4 Å². The van der Waals surface area contributed by atoms with E-state index < -0.39 is 0 Å². The highest BCUT2D eigenvalue weighted by molar-refractivity contribution is 6.08. The Morgan fingerprint density at radius 3 is 2.15 bits per heavy atom. The molecule has 3 rings (SSSR count). The predicted molar refractivity (Wildman–Crippen MR) is 107 cm³/mol. The zero-order valence-corrected chi connectivity index (χ0v) is 14.9. The Balaban J connectivity index is 2.06. The normalized spacial score (nSPS) is 12.1. The maximum absolute atomic E-state index is 13.0. The molecule has 3 heteroatoms. The van der Waals surface area contributed by atoms with Crippen molar-refractivity contribution in [2.75, 3.05) is 7.11 Å². The molecule has 0 aromatic heterocycles. The highest BCUT2D eigenvalue weighted by Crippen LogP contribution is 2.18. The Morgan fingerprint density at radius 1 is 0.885 bits per heavy atom. The van der Waals surface area contributed by atoms with Crippen LogP contribution in [0.5, 0.6) is 5.75 Å². The molecular formula is C23H21NO2. The topological polar surface area (TPSA) is 35.3 Å². The van der Waals surface area contributed by atoms with Crippen molar-refractivity contribution >= 4 is 17.5 Å². The zero-order valence-electron chi connectivity index (χ0n) is 14.9. The zero-order chi connectivity index (χ0) is 18.4. The number of rotatable bonds is 5. The van der Waals surface area contributed by atoms with Crippen molar-refractivity contribution in [1.82, 2.24) is 0 Å². The van der Waals surface area contributed by atoms with Gasteiger partial charge in [0.1, 0.15) is 5.75 Å². The van der Waals surface area contributed by atoms with Gasteiger partial charge in [0.15, 0.2) is 0 Å². The summed E-state index contributed by atoms with van der Waals surface area (Å²) in [4.78, 5) is 0. The number of nitrogens with zero attached hydrogens (tertiary/aromatic N) is 1. The van der Waals surface area contributed by atoms with Gasteiger partial charge in [-0.25, -0.2) is 0 Å². The van der Waals surface area contributed by atoms with E-state index in [1.54, 1.807) is 7.11 Å². The lowest BCUT2D eigenvalue weighted by Gasteiger charge is -2.09. The highest BCUT2D eigenvalue weighted by Gasteiger charge is 2.12. The fraction of sp³-hybridized carbons (Fsp3) is 0.0870. The molecule has 0 unspecified atom stereocenters. The largest absolute Gasteiger partial charge is 0.618 e. The van der Waals surface area contributed by atoms with Gasteiger partial charge in [0.05, 0.1) is 7.11 Å². The van der Waals surface area contributed by atoms with Gasteiger partial charge in [-0.3, -0.25) is 0 Å². The Hall–Kier alpha value is -3.33. The van der Waals surface area contributed by atoms with Gasteiger partial charge in [-0.05, 0) is 42.8 Å². The van der Waals surface area contributed by atoms with Crippen LogP contribution in [0, 0.1) is 12.1 Å². The highest BCUT2D eigenvalue weighted by atomic mass is 16.5. The summed E-state index contributed by atoms with van der Waals surface area (Å²) in [6.45, 7) is 2.00. The molecule has 0 amide bonds. The van der Waals surface area contributed by atoms with Crippen LogP contribution < -0.4 is 4.74 Å². The minimum Gasteiger partial charge on any atom is -0.618 e. The molecule has 0 N–H and O–H groups in total. The lowest BCUT2D eigenvalue weighted by atomic mass is 10.1. The van der Waals surface area contributed by atoms with Crippen LogP contribution in [0.25, 0.3) is 6.08 Å². The fourth-order valence-electron chi connectivity index (χ4n) is 2.60. The first kappa shape index (κ1) is 17.5. The molecule has 130 valence electrons. The minimum absolute atomic E-state index is 0.570. The first-order chi connectivity index (χ1) is 12.7. The molecule has 0 atom stereocenters. The Morgan fingerprint density at radius 2 is 1.54 bits per heavy atom. The first-order valence-corrected chi connectivity index (χ1v) is 8.46. The molecule has 0 aliphatic rings. The van der Waals surface area contributed by atoms with Gasteiger partial charge in [0.2, 0.25) is 11.4 Å². The van der Waals surface area contributed by atoms with Crippen LogP contribution in [-0.4, -0.2) is 17.6 Å². The second-order valence-electron chi connectivity index (χ2n) is 5.99. The second-order valence-corrected chi connectivity index (χ2v) is 5.99. The molecule has 3 nitrogen and oxygen atoms in total. The maximum Gasteiger partial charge on any atom is 0.224 e. The first-order valence-electron chi connectivity index (χ1n) is 8.46. The molecule has 0 fully saturated rings. The number of allylic oxidation sites excluding steroid dienone is 1. The SMILES string of the molecule is COc1ccc(C(/C=C/c2ccccc2)=[N+](/[O-])c2ccc(C)cc2)cc1. The Labute approximate surface area is 154 Å². The minimum atomic E-state index is 0.570. The van der Waals surface area contributed by atoms with E-state index in [2.05, 4.69) is 0 Å². The quantitative estimate of drug-likeness (QED) is 0.271. The van der Waals surface area contributed by atoms with Crippen molar-refractivity contribution in [2.45, 2.75) is 6.92 Å². The van der Waals surface area contributed by atoms with Crippen LogP contribution in [0.4, 0.5) is 5.69 Å². The third kappa shape index (κ3) is 4.19. The smallest absolute Gasteiger partial charge is 0.224 e. The second kappa shape index (κ2) is 8.17. The van der Waals surface area contributed by atoms with Gasteiger partial charge in [0, 0.05) is 23.8 Å². The van der Waals surface area contributed by atoms with Crippen molar-refractivity contribution in [1.29, 1.82) is 0 Å². The summed E-state index contributed by atoms with van der Waals surface area (Å²) < 4.78 is 6.18. The summed E-state index contributed by atoms with van der Waals surface area (Å²) in [6, 6.07) is 25.0. The monoisotopic (exact) mass is 343 g/mol. The van der Waals surface area contributed by atoms with Crippen molar-refractivity contribution in [2.24, 2.45) is 0 Å². The van der Waals surface area contributed by atoms with Gasteiger partial charge < -0.3 is 9.94 Å². The maximum atomic E-state index is 13.0. The summed E-state index contributed by atoms with van der Waals surface area (Å²) in [5.41, 5.74) is 4.15. The van der Waals surface area contributed by atoms with E-state index in [-0.39, 0.29) is 0 Å². The Kier molecular flexibility index (Phi) is 5.49. The van der Waals surface area contributed by atoms with Crippen LogP contribution >= 0.6 is 0 Å². The van der Waals surface area contributed by atoms with E-state index in [4.69, 9.17) is 4.74 Å².